The van der Waals surface area contributed by atoms with E-state index >= 15 is 0 Å². The lowest BCUT2D eigenvalue weighted by atomic mass is 10.0. The Kier molecular flexibility index (Phi) is 12.7. The number of aryl methyl sites for hydroxylation is 1. The van der Waals surface area contributed by atoms with Gasteiger partial charge in [-0.1, -0.05) is 23.8 Å². The van der Waals surface area contributed by atoms with Gasteiger partial charge in [-0.3, -0.25) is 38.2 Å². The van der Waals surface area contributed by atoms with Gasteiger partial charge in [0.25, 0.3) is 21.9 Å². The number of fused-ring (bicyclic) bond motifs is 1. The highest BCUT2D eigenvalue weighted by molar-refractivity contribution is 7.86. The van der Waals surface area contributed by atoms with Crippen molar-refractivity contribution < 1.29 is 55.3 Å². The first kappa shape index (κ1) is 35.5. The van der Waals surface area contributed by atoms with Crippen LogP contribution in [-0.2, 0) is 55.9 Å². The highest BCUT2D eigenvalue weighted by Crippen LogP contribution is 2.31. The molecule has 2 aliphatic rings. The predicted molar refractivity (Wildman–Crippen MR) is 162 cm³/mol. The van der Waals surface area contributed by atoms with Crippen molar-refractivity contribution in [2.45, 2.75) is 42.0 Å². The molecule has 2 aromatic rings. The molecule has 4 amide bonds. The summed E-state index contributed by atoms with van der Waals surface area (Å²) in [6.45, 7) is 3.95. The number of nitrogens with one attached hydrogen (secondary N) is 1. The number of hydrogen-bond donors (Lipinski definition) is 2. The summed E-state index contributed by atoms with van der Waals surface area (Å²) in [4.78, 5) is 50.8. The van der Waals surface area contributed by atoms with Crippen molar-refractivity contribution in [3.63, 3.8) is 0 Å². The minimum absolute atomic E-state index is 0.00170. The van der Waals surface area contributed by atoms with Crippen LogP contribution in [0.3, 0.4) is 0 Å². The van der Waals surface area contributed by atoms with Crippen LogP contribution >= 0.6 is 0 Å². The third-order valence-corrected chi connectivity index (χ3v) is 9.54. The normalized spacial score (nSPS) is 17.3. The molecule has 0 saturated carbocycles. The van der Waals surface area contributed by atoms with Crippen molar-refractivity contribution in [1.29, 1.82) is 0 Å². The second kappa shape index (κ2) is 16.4. The van der Waals surface area contributed by atoms with Gasteiger partial charge in [0.1, 0.15) is 6.04 Å². The number of benzene rings is 2. The zero-order chi connectivity index (χ0) is 33.3. The molecule has 46 heavy (non-hydrogen) atoms. The summed E-state index contributed by atoms with van der Waals surface area (Å²) in [5.41, 5.74) is 1.43. The van der Waals surface area contributed by atoms with E-state index in [1.165, 1.54) is 24.3 Å². The Balaban J connectivity index is 1.07. The highest BCUT2D eigenvalue weighted by atomic mass is 32.2. The number of amides is 4. The van der Waals surface area contributed by atoms with E-state index in [1.54, 1.807) is 12.1 Å². The third kappa shape index (κ3) is 9.12. The van der Waals surface area contributed by atoms with E-state index in [0.717, 1.165) is 10.5 Å². The van der Waals surface area contributed by atoms with Crippen LogP contribution in [-0.4, -0.2) is 110 Å². The maximum atomic E-state index is 13.2. The SMILES string of the molecule is Cc1ccc(S(=O)(=O)O)c(CCOCCOCCOCCOCCS(=O)c2cccc3c2C(=O)N(C2CCC(=O)NC2=O)C3=O)c1. The lowest BCUT2D eigenvalue weighted by Crippen LogP contribution is -2.54. The standard InChI is InChI=1S/C30H36N2O12S2/c1-20-5-7-25(46(38,39)40)21(19-20)9-10-41-11-12-42-13-14-43-15-16-44-17-18-45(37)24-4-2-3-22-27(24)30(36)32(29(22)35)23-6-8-26(33)31-28(23)34/h2-5,7,19,23H,6,8-18H2,1H3,(H,31,33,34)(H,38,39,40). The molecule has 2 N–H and O–H groups in total. The van der Waals surface area contributed by atoms with Crippen LogP contribution in [0.4, 0.5) is 0 Å². The van der Waals surface area contributed by atoms with Crippen LogP contribution in [0, 0.1) is 6.92 Å². The molecule has 0 bridgehead atoms. The van der Waals surface area contributed by atoms with Crippen molar-refractivity contribution in [3.05, 3.63) is 58.7 Å². The Labute approximate surface area is 268 Å². The molecule has 0 spiro atoms. The maximum absolute atomic E-state index is 13.2. The fraction of sp³-hybridized carbons (Fsp3) is 0.467. The lowest BCUT2D eigenvalue weighted by Gasteiger charge is -2.27. The number of carbonyl (C=O) groups excluding carboxylic acids is 4. The van der Waals surface area contributed by atoms with Gasteiger partial charge < -0.3 is 18.9 Å². The molecular weight excluding hydrogens is 644 g/mol. The lowest BCUT2D eigenvalue weighted by molar-refractivity contribution is -0.136. The largest absolute Gasteiger partial charge is 0.379 e. The van der Waals surface area contributed by atoms with E-state index in [4.69, 9.17) is 18.9 Å². The summed E-state index contributed by atoms with van der Waals surface area (Å²) in [6, 6.07) is 8.07. The number of carbonyl (C=O) groups is 4. The Morgan fingerprint density at radius 1 is 0.891 bits per heavy atom. The number of imide groups is 2. The molecule has 0 aliphatic carbocycles. The van der Waals surface area contributed by atoms with E-state index in [9.17, 15) is 36.4 Å². The van der Waals surface area contributed by atoms with Crippen LogP contribution in [0.1, 0.15) is 44.7 Å². The molecule has 2 atom stereocenters. The third-order valence-electron chi connectivity index (χ3n) is 7.21. The molecule has 0 aromatic heterocycles. The number of nitrogens with zero attached hydrogens (tertiary/aromatic N) is 1. The van der Waals surface area contributed by atoms with Gasteiger partial charge in [-0.2, -0.15) is 8.42 Å². The van der Waals surface area contributed by atoms with Crippen LogP contribution in [0.25, 0.3) is 0 Å². The zero-order valence-corrected chi connectivity index (χ0v) is 26.9. The molecule has 2 aromatic carbocycles. The Bertz CT molecular complexity index is 1590. The van der Waals surface area contributed by atoms with E-state index < -0.39 is 50.6 Å². The van der Waals surface area contributed by atoms with Crippen LogP contribution in [0.15, 0.2) is 46.2 Å². The first-order chi connectivity index (χ1) is 22.0. The maximum Gasteiger partial charge on any atom is 0.294 e. The predicted octanol–water partition coefficient (Wildman–Crippen LogP) is 1.06. The summed E-state index contributed by atoms with van der Waals surface area (Å²) >= 11 is 0. The van der Waals surface area contributed by atoms with E-state index in [1.807, 2.05) is 6.92 Å². The van der Waals surface area contributed by atoms with Gasteiger partial charge in [0.05, 0.1) is 90.3 Å². The smallest absolute Gasteiger partial charge is 0.294 e. The van der Waals surface area contributed by atoms with Crippen molar-refractivity contribution in [2.75, 3.05) is 58.6 Å². The molecule has 16 heteroatoms. The van der Waals surface area contributed by atoms with Crippen LogP contribution in [0.5, 0.6) is 0 Å². The second-order valence-corrected chi connectivity index (χ2v) is 13.4. The number of hydrogen-bond acceptors (Lipinski definition) is 11. The first-order valence-corrected chi connectivity index (χ1v) is 17.4. The second-order valence-electron chi connectivity index (χ2n) is 10.5. The Morgan fingerprint density at radius 3 is 2.15 bits per heavy atom. The minimum Gasteiger partial charge on any atom is -0.379 e. The summed E-state index contributed by atoms with van der Waals surface area (Å²) in [5, 5.41) is 2.15. The highest BCUT2D eigenvalue weighted by Gasteiger charge is 2.46. The molecule has 2 aliphatic heterocycles. The van der Waals surface area contributed by atoms with Crippen molar-refractivity contribution in [1.82, 2.24) is 10.2 Å². The molecule has 14 nitrogen and oxygen atoms in total. The monoisotopic (exact) mass is 680 g/mol. The first-order valence-electron chi connectivity index (χ1n) is 14.6. The van der Waals surface area contributed by atoms with Gasteiger partial charge in [-0.05, 0) is 43.5 Å². The van der Waals surface area contributed by atoms with Gasteiger partial charge in [0, 0.05) is 6.42 Å². The van der Waals surface area contributed by atoms with Crippen molar-refractivity contribution >= 4 is 44.5 Å². The average molecular weight is 681 g/mol. The summed E-state index contributed by atoms with van der Waals surface area (Å²) in [7, 11) is -5.96. The molecule has 0 radical (unpaired) electrons. The molecule has 1 saturated heterocycles. The molecular formula is C30H36N2O12S2. The molecule has 2 heterocycles. The fourth-order valence-electron chi connectivity index (χ4n) is 5.02. The summed E-state index contributed by atoms with van der Waals surface area (Å²) in [6.07, 6.45) is 0.361. The zero-order valence-electron chi connectivity index (χ0n) is 25.2. The van der Waals surface area contributed by atoms with E-state index in [0.29, 0.717) is 38.4 Å². The summed E-state index contributed by atoms with van der Waals surface area (Å²) in [5.74, 6) is -2.48. The van der Waals surface area contributed by atoms with Gasteiger partial charge in [-0.25, -0.2) is 0 Å². The van der Waals surface area contributed by atoms with Crippen LogP contribution in [0.2, 0.25) is 0 Å². The topological polar surface area (TPSA) is 192 Å². The summed E-state index contributed by atoms with van der Waals surface area (Å²) < 4.78 is 67.3. The number of ether oxygens (including phenoxy) is 4. The molecule has 250 valence electrons. The molecule has 4 rings (SSSR count). The Morgan fingerprint density at radius 2 is 1.52 bits per heavy atom. The van der Waals surface area contributed by atoms with Gasteiger partial charge in [0.2, 0.25) is 11.8 Å². The Hall–Kier alpha value is -3.38. The van der Waals surface area contributed by atoms with E-state index in [2.05, 4.69) is 5.32 Å². The average Bonchev–Trinajstić information content (AvgIpc) is 3.26. The van der Waals surface area contributed by atoms with Crippen molar-refractivity contribution in [3.8, 4) is 0 Å². The van der Waals surface area contributed by atoms with Gasteiger partial charge in [0.15, 0.2) is 0 Å². The molecule has 2 unspecified atom stereocenters. The number of piperidine rings is 1. The minimum atomic E-state index is -4.30. The number of rotatable bonds is 18. The van der Waals surface area contributed by atoms with Crippen molar-refractivity contribution in [2.24, 2.45) is 0 Å². The van der Waals surface area contributed by atoms with Gasteiger partial charge in [-0.15, -0.1) is 0 Å². The van der Waals surface area contributed by atoms with Gasteiger partial charge >= 0.3 is 0 Å². The van der Waals surface area contributed by atoms with E-state index in [-0.39, 0.29) is 65.9 Å². The van der Waals surface area contributed by atoms with Crippen LogP contribution < -0.4 is 5.32 Å². The molecule has 1 fully saturated rings. The fourth-order valence-corrected chi connectivity index (χ4v) is 6.89. The quantitative estimate of drug-likeness (QED) is 0.129.